The zero-order chi connectivity index (χ0) is 11.3. The van der Waals surface area contributed by atoms with Gasteiger partial charge in [0.15, 0.2) is 0 Å². The molecular formula is C12H18FNS. The van der Waals surface area contributed by atoms with E-state index in [4.69, 9.17) is 5.73 Å². The van der Waals surface area contributed by atoms with Crippen molar-refractivity contribution in [2.45, 2.75) is 31.2 Å². The zero-order valence-corrected chi connectivity index (χ0v) is 10.1. The molecule has 0 heterocycles. The number of hydrogen-bond donors (Lipinski definition) is 1. The molecule has 0 fully saturated rings. The van der Waals surface area contributed by atoms with Gasteiger partial charge in [0, 0.05) is 16.7 Å². The largest absolute Gasteiger partial charge is 0.327 e. The fraction of sp³-hybridized carbons (Fsp3) is 0.500. The van der Waals surface area contributed by atoms with Crippen molar-refractivity contribution in [3.05, 3.63) is 30.1 Å². The summed E-state index contributed by atoms with van der Waals surface area (Å²) in [5, 5.41) is 0. The van der Waals surface area contributed by atoms with Crippen LogP contribution in [0.1, 0.15) is 20.3 Å². The van der Waals surface area contributed by atoms with E-state index in [0.717, 1.165) is 12.2 Å². The smallest absolute Gasteiger partial charge is 0.136 e. The highest BCUT2D eigenvalue weighted by Gasteiger charge is 2.08. The molecule has 0 amide bonds. The Morgan fingerprint density at radius 3 is 2.60 bits per heavy atom. The molecule has 0 bridgehead atoms. The predicted molar refractivity (Wildman–Crippen MR) is 64.6 cm³/mol. The predicted octanol–water partition coefficient (Wildman–Crippen LogP) is 3.29. The maximum atomic E-state index is 13.2. The van der Waals surface area contributed by atoms with E-state index in [0.29, 0.717) is 10.8 Å². The van der Waals surface area contributed by atoms with Crippen molar-refractivity contribution >= 4 is 11.8 Å². The maximum absolute atomic E-state index is 13.2. The molecule has 1 nitrogen and oxygen atoms in total. The van der Waals surface area contributed by atoms with Crippen molar-refractivity contribution in [1.82, 2.24) is 0 Å². The highest BCUT2D eigenvalue weighted by Crippen LogP contribution is 2.22. The van der Waals surface area contributed by atoms with E-state index in [1.165, 1.54) is 17.8 Å². The summed E-state index contributed by atoms with van der Waals surface area (Å²) in [5.74, 6) is 1.22. The molecular weight excluding hydrogens is 209 g/mol. The molecule has 0 aromatic heterocycles. The lowest BCUT2D eigenvalue weighted by atomic mass is 10.1. The van der Waals surface area contributed by atoms with Crippen molar-refractivity contribution in [3.8, 4) is 0 Å². The summed E-state index contributed by atoms with van der Waals surface area (Å²) in [6, 6.07) is 6.97. The zero-order valence-electron chi connectivity index (χ0n) is 9.24. The van der Waals surface area contributed by atoms with E-state index in [1.54, 1.807) is 12.1 Å². The topological polar surface area (TPSA) is 26.0 Å². The third-order valence-electron chi connectivity index (χ3n) is 2.06. The fourth-order valence-corrected chi connectivity index (χ4v) is 2.34. The first-order chi connectivity index (χ1) is 7.09. The molecule has 0 saturated carbocycles. The van der Waals surface area contributed by atoms with Gasteiger partial charge in [0.25, 0.3) is 0 Å². The van der Waals surface area contributed by atoms with Crippen LogP contribution in [0.25, 0.3) is 0 Å². The van der Waals surface area contributed by atoms with Gasteiger partial charge in [0.05, 0.1) is 0 Å². The average Bonchev–Trinajstić information content (AvgIpc) is 2.15. The summed E-state index contributed by atoms with van der Waals surface area (Å²) >= 11 is 1.50. The Morgan fingerprint density at radius 2 is 2.00 bits per heavy atom. The van der Waals surface area contributed by atoms with Gasteiger partial charge in [-0.05, 0) is 24.5 Å². The van der Waals surface area contributed by atoms with E-state index >= 15 is 0 Å². The molecule has 0 aliphatic heterocycles. The highest BCUT2D eigenvalue weighted by atomic mass is 32.2. The van der Waals surface area contributed by atoms with Gasteiger partial charge in [-0.3, -0.25) is 0 Å². The second kappa shape index (κ2) is 6.13. The summed E-state index contributed by atoms with van der Waals surface area (Å²) in [4.78, 5) is 0.691. The van der Waals surface area contributed by atoms with Crippen molar-refractivity contribution in [2.24, 2.45) is 11.7 Å². The molecule has 0 spiro atoms. The summed E-state index contributed by atoms with van der Waals surface area (Å²) in [6.07, 6.45) is 0.988. The van der Waals surface area contributed by atoms with E-state index < -0.39 is 0 Å². The van der Waals surface area contributed by atoms with Gasteiger partial charge in [0.2, 0.25) is 0 Å². The molecule has 1 rings (SSSR count). The number of thioether (sulfide) groups is 1. The monoisotopic (exact) mass is 227 g/mol. The van der Waals surface area contributed by atoms with Crippen LogP contribution in [0.4, 0.5) is 4.39 Å². The lowest BCUT2D eigenvalue weighted by Crippen LogP contribution is -2.24. The number of nitrogens with two attached hydrogens (primary N) is 1. The second-order valence-electron chi connectivity index (χ2n) is 4.13. The van der Waals surface area contributed by atoms with Crippen LogP contribution >= 0.6 is 11.8 Å². The minimum absolute atomic E-state index is 0.148. The van der Waals surface area contributed by atoms with Crippen LogP contribution in [0, 0.1) is 11.7 Å². The molecule has 3 heteroatoms. The Kier molecular flexibility index (Phi) is 5.12. The Labute approximate surface area is 95.2 Å². The summed E-state index contributed by atoms with van der Waals surface area (Å²) in [6.45, 7) is 4.29. The Hall–Kier alpha value is -0.540. The molecule has 1 atom stereocenters. The molecule has 15 heavy (non-hydrogen) atoms. The van der Waals surface area contributed by atoms with Crippen molar-refractivity contribution in [1.29, 1.82) is 0 Å². The van der Waals surface area contributed by atoms with Crippen LogP contribution < -0.4 is 5.73 Å². The number of halogens is 1. The SMILES string of the molecule is CC(C)CC(N)CSc1ccccc1F. The van der Waals surface area contributed by atoms with Gasteiger partial charge in [0.1, 0.15) is 5.82 Å². The van der Waals surface area contributed by atoms with Gasteiger partial charge in [-0.2, -0.15) is 0 Å². The first kappa shape index (κ1) is 12.5. The summed E-state index contributed by atoms with van der Waals surface area (Å²) in [7, 11) is 0. The normalized spacial score (nSPS) is 13.1. The first-order valence-corrected chi connectivity index (χ1v) is 6.21. The van der Waals surface area contributed by atoms with E-state index in [9.17, 15) is 4.39 Å². The van der Waals surface area contributed by atoms with Crippen LogP contribution in [0.2, 0.25) is 0 Å². The summed E-state index contributed by atoms with van der Waals surface area (Å²) in [5.41, 5.74) is 5.93. The average molecular weight is 227 g/mol. The summed E-state index contributed by atoms with van der Waals surface area (Å²) < 4.78 is 13.2. The molecule has 0 saturated heterocycles. The van der Waals surface area contributed by atoms with Crippen LogP contribution in [-0.4, -0.2) is 11.8 Å². The highest BCUT2D eigenvalue weighted by molar-refractivity contribution is 7.99. The molecule has 1 aromatic carbocycles. The molecule has 2 N–H and O–H groups in total. The van der Waals surface area contributed by atoms with Crippen LogP contribution in [0.5, 0.6) is 0 Å². The lowest BCUT2D eigenvalue weighted by Gasteiger charge is -2.13. The van der Waals surface area contributed by atoms with E-state index in [-0.39, 0.29) is 11.9 Å². The number of hydrogen-bond acceptors (Lipinski definition) is 2. The third kappa shape index (κ3) is 4.67. The second-order valence-corrected chi connectivity index (χ2v) is 5.19. The number of rotatable bonds is 5. The molecule has 0 aliphatic carbocycles. The molecule has 1 aromatic rings. The van der Waals surface area contributed by atoms with Crippen molar-refractivity contribution < 1.29 is 4.39 Å². The molecule has 1 unspecified atom stereocenters. The van der Waals surface area contributed by atoms with Gasteiger partial charge in [-0.15, -0.1) is 11.8 Å². The third-order valence-corrected chi connectivity index (χ3v) is 3.30. The van der Waals surface area contributed by atoms with Gasteiger partial charge >= 0.3 is 0 Å². The maximum Gasteiger partial charge on any atom is 0.136 e. The minimum atomic E-state index is -0.153. The standard InChI is InChI=1S/C12H18FNS/c1-9(2)7-10(14)8-15-12-6-4-3-5-11(12)13/h3-6,9-10H,7-8,14H2,1-2H3. The number of benzene rings is 1. The Morgan fingerprint density at radius 1 is 1.33 bits per heavy atom. The Balaban J connectivity index is 2.40. The van der Waals surface area contributed by atoms with Crippen molar-refractivity contribution in [3.63, 3.8) is 0 Å². The van der Waals surface area contributed by atoms with Crippen molar-refractivity contribution in [2.75, 3.05) is 5.75 Å². The molecule has 0 radical (unpaired) electrons. The fourth-order valence-electron chi connectivity index (χ4n) is 1.43. The quantitative estimate of drug-likeness (QED) is 0.781. The van der Waals surface area contributed by atoms with E-state index in [1.807, 2.05) is 6.07 Å². The van der Waals surface area contributed by atoms with Gasteiger partial charge < -0.3 is 5.73 Å². The molecule has 0 aliphatic rings. The van der Waals surface area contributed by atoms with Crippen LogP contribution in [-0.2, 0) is 0 Å². The van der Waals surface area contributed by atoms with Crippen LogP contribution in [0.15, 0.2) is 29.2 Å². The first-order valence-electron chi connectivity index (χ1n) is 5.22. The molecule has 84 valence electrons. The lowest BCUT2D eigenvalue weighted by molar-refractivity contribution is 0.524. The van der Waals surface area contributed by atoms with E-state index in [2.05, 4.69) is 13.8 Å². The van der Waals surface area contributed by atoms with Gasteiger partial charge in [-0.25, -0.2) is 4.39 Å². The minimum Gasteiger partial charge on any atom is -0.327 e. The van der Waals surface area contributed by atoms with Gasteiger partial charge in [-0.1, -0.05) is 26.0 Å². The van der Waals surface area contributed by atoms with Crippen LogP contribution in [0.3, 0.4) is 0 Å². The Bertz CT molecular complexity index is 301.